The van der Waals surface area contributed by atoms with Crippen LogP contribution in [-0.2, 0) is 4.79 Å². The minimum Gasteiger partial charge on any atom is -0.342 e. The smallest absolute Gasteiger partial charge is 0.227 e. The van der Waals surface area contributed by atoms with Crippen LogP contribution in [0.15, 0.2) is 0 Å². The molecule has 2 fully saturated rings. The lowest BCUT2D eigenvalue weighted by atomic mass is 9.92. The number of piperidine rings is 1. The molecule has 1 aliphatic heterocycles. The average molecular weight is 267 g/mol. The first kappa shape index (κ1) is 14.8. The molecule has 19 heavy (non-hydrogen) atoms. The van der Waals surface area contributed by atoms with Gasteiger partial charge in [0.05, 0.1) is 5.92 Å². The lowest BCUT2D eigenvalue weighted by Gasteiger charge is -2.37. The molecule has 110 valence electrons. The minimum absolute atomic E-state index is 0.0622. The Hall–Kier alpha value is -0.610. The number of carbonyl (C=O) groups is 1. The molecule has 1 saturated carbocycles. The van der Waals surface area contributed by atoms with Gasteiger partial charge in [-0.2, -0.15) is 0 Å². The summed E-state index contributed by atoms with van der Waals surface area (Å²) in [6, 6.07) is 0.489. The van der Waals surface area contributed by atoms with Crippen molar-refractivity contribution in [3.8, 4) is 0 Å². The molecule has 1 amide bonds. The van der Waals surface area contributed by atoms with Crippen molar-refractivity contribution in [2.24, 2.45) is 11.7 Å². The third-order valence-electron chi connectivity index (χ3n) is 4.97. The summed E-state index contributed by atoms with van der Waals surface area (Å²) in [4.78, 5) is 17.0. The first-order valence-electron chi connectivity index (χ1n) is 7.80. The van der Waals surface area contributed by atoms with Crippen LogP contribution in [0.2, 0.25) is 0 Å². The quantitative estimate of drug-likeness (QED) is 0.770. The zero-order valence-corrected chi connectivity index (χ0v) is 12.5. The van der Waals surface area contributed by atoms with E-state index in [9.17, 15) is 4.79 Å². The van der Waals surface area contributed by atoms with Crippen molar-refractivity contribution in [1.82, 2.24) is 9.80 Å². The Morgan fingerprint density at radius 1 is 1.11 bits per heavy atom. The topological polar surface area (TPSA) is 49.6 Å². The first-order chi connectivity index (χ1) is 9.09. The van der Waals surface area contributed by atoms with Gasteiger partial charge in [0.2, 0.25) is 5.91 Å². The summed E-state index contributed by atoms with van der Waals surface area (Å²) in [6.07, 6.45) is 7.76. The second-order valence-corrected chi connectivity index (χ2v) is 6.39. The molecule has 2 rings (SSSR count). The van der Waals surface area contributed by atoms with Gasteiger partial charge in [-0.15, -0.1) is 0 Å². The molecule has 2 aliphatic rings. The van der Waals surface area contributed by atoms with Gasteiger partial charge in [-0.3, -0.25) is 4.79 Å². The average Bonchev–Trinajstić information content (AvgIpc) is 2.63. The highest BCUT2D eigenvalue weighted by Gasteiger charge is 2.32. The van der Waals surface area contributed by atoms with Crippen LogP contribution in [0, 0.1) is 5.92 Å². The number of nitrogens with zero attached hydrogens (tertiary/aromatic N) is 2. The second-order valence-electron chi connectivity index (χ2n) is 6.39. The van der Waals surface area contributed by atoms with Gasteiger partial charge in [0, 0.05) is 19.1 Å². The summed E-state index contributed by atoms with van der Waals surface area (Å²) >= 11 is 0. The molecule has 2 N–H and O–H groups in total. The highest BCUT2D eigenvalue weighted by molar-refractivity contribution is 5.79. The molecular weight excluding hydrogens is 238 g/mol. The van der Waals surface area contributed by atoms with Gasteiger partial charge in [-0.05, 0) is 45.8 Å². The van der Waals surface area contributed by atoms with E-state index >= 15 is 0 Å². The first-order valence-corrected chi connectivity index (χ1v) is 7.80. The van der Waals surface area contributed by atoms with Crippen molar-refractivity contribution in [1.29, 1.82) is 0 Å². The summed E-state index contributed by atoms with van der Waals surface area (Å²) in [6.45, 7) is 2.19. The summed E-state index contributed by atoms with van der Waals surface area (Å²) in [5, 5.41) is 0. The highest BCUT2D eigenvalue weighted by atomic mass is 16.2. The van der Waals surface area contributed by atoms with E-state index < -0.39 is 0 Å². The van der Waals surface area contributed by atoms with Gasteiger partial charge < -0.3 is 15.5 Å². The molecule has 0 spiro atoms. The Bertz CT molecular complexity index is 300. The van der Waals surface area contributed by atoms with Crippen LogP contribution < -0.4 is 5.73 Å². The Morgan fingerprint density at radius 3 is 2.42 bits per heavy atom. The van der Waals surface area contributed by atoms with Gasteiger partial charge in [0.15, 0.2) is 0 Å². The van der Waals surface area contributed by atoms with Gasteiger partial charge in [0.1, 0.15) is 0 Å². The lowest BCUT2D eigenvalue weighted by Crippen LogP contribution is -2.49. The SMILES string of the molecule is CN1CCC(N(C)C(=O)C2CCCCCC2N)CC1. The van der Waals surface area contributed by atoms with Crippen molar-refractivity contribution in [2.45, 2.75) is 57.0 Å². The van der Waals surface area contributed by atoms with E-state index in [1.54, 1.807) is 0 Å². The molecule has 0 bridgehead atoms. The summed E-state index contributed by atoms with van der Waals surface area (Å²) in [7, 11) is 4.13. The molecule has 1 heterocycles. The summed E-state index contributed by atoms with van der Waals surface area (Å²) in [5.41, 5.74) is 6.21. The molecule has 4 heteroatoms. The van der Waals surface area contributed by atoms with E-state index in [-0.39, 0.29) is 12.0 Å². The fourth-order valence-corrected chi connectivity index (χ4v) is 3.47. The maximum atomic E-state index is 12.7. The molecule has 0 aromatic carbocycles. The number of hydrogen-bond acceptors (Lipinski definition) is 3. The number of rotatable bonds is 2. The molecule has 0 aromatic rings. The van der Waals surface area contributed by atoms with E-state index in [4.69, 9.17) is 5.73 Å². The Balaban J connectivity index is 1.93. The number of hydrogen-bond donors (Lipinski definition) is 1. The van der Waals surface area contributed by atoms with Crippen LogP contribution in [0.1, 0.15) is 44.9 Å². The number of carbonyl (C=O) groups excluding carboxylic acids is 1. The van der Waals surface area contributed by atoms with Gasteiger partial charge in [-0.25, -0.2) is 0 Å². The maximum Gasteiger partial charge on any atom is 0.227 e. The van der Waals surface area contributed by atoms with Crippen molar-refractivity contribution in [2.75, 3.05) is 27.2 Å². The number of amides is 1. The monoisotopic (exact) mass is 267 g/mol. The van der Waals surface area contributed by atoms with Crippen molar-refractivity contribution in [3.63, 3.8) is 0 Å². The third kappa shape index (κ3) is 3.69. The highest BCUT2D eigenvalue weighted by Crippen LogP contribution is 2.25. The van der Waals surface area contributed by atoms with Crippen LogP contribution in [0.4, 0.5) is 0 Å². The van der Waals surface area contributed by atoms with Crippen molar-refractivity contribution < 1.29 is 4.79 Å². The number of likely N-dealkylation sites (tertiary alicyclic amines) is 1. The Labute approximate surface area is 117 Å². The predicted octanol–water partition coefficient (Wildman–Crippen LogP) is 1.45. The molecule has 1 saturated heterocycles. The summed E-state index contributed by atoms with van der Waals surface area (Å²) < 4.78 is 0. The van der Waals surface area contributed by atoms with Crippen LogP contribution in [-0.4, -0.2) is 55.0 Å². The normalized spacial score (nSPS) is 30.9. The zero-order valence-electron chi connectivity index (χ0n) is 12.5. The van der Waals surface area contributed by atoms with Gasteiger partial charge >= 0.3 is 0 Å². The van der Waals surface area contributed by atoms with Crippen LogP contribution >= 0.6 is 0 Å². The molecule has 1 aliphatic carbocycles. The second kappa shape index (κ2) is 6.71. The summed E-state index contributed by atoms with van der Waals surface area (Å²) in [5.74, 6) is 0.358. The van der Waals surface area contributed by atoms with E-state index in [0.29, 0.717) is 11.9 Å². The largest absolute Gasteiger partial charge is 0.342 e. The fraction of sp³-hybridized carbons (Fsp3) is 0.933. The van der Waals surface area contributed by atoms with E-state index in [1.165, 1.54) is 12.8 Å². The van der Waals surface area contributed by atoms with Crippen LogP contribution in [0.3, 0.4) is 0 Å². The van der Waals surface area contributed by atoms with Crippen molar-refractivity contribution in [3.05, 3.63) is 0 Å². The number of nitrogens with two attached hydrogens (primary N) is 1. The molecule has 0 radical (unpaired) electrons. The standard InChI is InChI=1S/C15H29N3O/c1-17-10-8-12(9-11-17)18(2)15(19)13-6-4-3-5-7-14(13)16/h12-14H,3-11,16H2,1-2H3. The molecule has 2 unspecified atom stereocenters. The van der Waals surface area contributed by atoms with Crippen LogP contribution in [0.25, 0.3) is 0 Å². The van der Waals surface area contributed by atoms with E-state index in [2.05, 4.69) is 11.9 Å². The maximum absolute atomic E-state index is 12.7. The molecular formula is C15H29N3O. The van der Waals surface area contributed by atoms with Gasteiger partial charge in [0.25, 0.3) is 0 Å². The predicted molar refractivity (Wildman–Crippen MR) is 77.8 cm³/mol. The Kier molecular flexibility index (Phi) is 5.22. The third-order valence-corrected chi connectivity index (χ3v) is 4.97. The zero-order chi connectivity index (χ0) is 13.8. The van der Waals surface area contributed by atoms with Crippen LogP contribution in [0.5, 0.6) is 0 Å². The minimum atomic E-state index is 0.0622. The van der Waals surface area contributed by atoms with E-state index in [0.717, 1.165) is 45.2 Å². The Morgan fingerprint density at radius 2 is 1.74 bits per heavy atom. The van der Waals surface area contributed by atoms with E-state index in [1.807, 2.05) is 11.9 Å². The molecule has 0 aromatic heterocycles. The fourth-order valence-electron chi connectivity index (χ4n) is 3.47. The van der Waals surface area contributed by atoms with Crippen molar-refractivity contribution >= 4 is 5.91 Å². The lowest BCUT2D eigenvalue weighted by molar-refractivity contribution is -0.138. The molecule has 4 nitrogen and oxygen atoms in total. The molecule has 2 atom stereocenters. The van der Waals surface area contributed by atoms with Gasteiger partial charge in [-0.1, -0.05) is 19.3 Å².